The van der Waals surface area contributed by atoms with Crippen LogP contribution in [0.2, 0.25) is 0 Å². The van der Waals surface area contributed by atoms with E-state index >= 15 is 0 Å². The third kappa shape index (κ3) is 5.07. The van der Waals surface area contributed by atoms with E-state index in [2.05, 4.69) is 11.4 Å². The molecule has 1 N–H and O–H groups in total. The first-order chi connectivity index (χ1) is 13.9. The molecule has 1 atom stereocenters. The molecule has 0 aromatic heterocycles. The monoisotopic (exact) mass is 409 g/mol. The minimum atomic E-state index is -0.449. The number of carbonyl (C=O) groups excluding carboxylic acids is 2. The minimum absolute atomic E-state index is 0.0414. The van der Waals surface area contributed by atoms with Crippen molar-refractivity contribution in [2.75, 3.05) is 11.9 Å². The fourth-order valence-corrected chi connectivity index (χ4v) is 4.45. The Hall–Kier alpha value is -2.60. The van der Waals surface area contributed by atoms with Crippen LogP contribution in [0, 0.1) is 20.8 Å². The van der Waals surface area contributed by atoms with E-state index in [-0.39, 0.29) is 18.2 Å². The Labute approximate surface area is 176 Å². The van der Waals surface area contributed by atoms with Crippen molar-refractivity contribution in [3.05, 3.63) is 59.2 Å². The van der Waals surface area contributed by atoms with E-state index < -0.39 is 5.25 Å². The van der Waals surface area contributed by atoms with E-state index in [1.807, 2.05) is 64.1 Å². The van der Waals surface area contributed by atoms with Gasteiger partial charge in [0.15, 0.2) is 5.17 Å². The van der Waals surface area contributed by atoms with Gasteiger partial charge in [-0.3, -0.25) is 14.5 Å². The number of rotatable bonds is 6. The molecule has 0 bridgehead atoms. The molecule has 0 unspecified atom stereocenters. The maximum absolute atomic E-state index is 12.9. The molecule has 2 amide bonds. The van der Waals surface area contributed by atoms with Crippen LogP contribution in [0.3, 0.4) is 0 Å². The number of anilines is 1. The van der Waals surface area contributed by atoms with Gasteiger partial charge in [-0.1, -0.05) is 54.6 Å². The predicted molar refractivity (Wildman–Crippen MR) is 121 cm³/mol. The summed E-state index contributed by atoms with van der Waals surface area (Å²) >= 11 is 1.38. The van der Waals surface area contributed by atoms with Crippen LogP contribution in [-0.2, 0) is 9.59 Å². The summed E-state index contributed by atoms with van der Waals surface area (Å²) in [6, 6.07) is 13.7. The average Bonchev–Trinajstić information content (AvgIpc) is 2.95. The molecule has 1 fully saturated rings. The lowest BCUT2D eigenvalue weighted by Crippen LogP contribution is -2.34. The zero-order chi connectivity index (χ0) is 21.0. The Bertz CT molecular complexity index is 955. The van der Waals surface area contributed by atoms with Crippen LogP contribution in [0.15, 0.2) is 47.5 Å². The molecule has 5 nitrogen and oxygen atoms in total. The van der Waals surface area contributed by atoms with Gasteiger partial charge in [-0.2, -0.15) is 0 Å². The summed E-state index contributed by atoms with van der Waals surface area (Å²) in [4.78, 5) is 32.0. The van der Waals surface area contributed by atoms with E-state index in [0.717, 1.165) is 28.9 Å². The van der Waals surface area contributed by atoms with Crippen molar-refractivity contribution in [3.8, 4) is 0 Å². The maximum Gasteiger partial charge on any atom is 0.242 e. The summed E-state index contributed by atoms with van der Waals surface area (Å²) in [5.41, 5.74) is 4.89. The van der Waals surface area contributed by atoms with Gasteiger partial charge in [0.05, 0.1) is 5.69 Å². The van der Waals surface area contributed by atoms with Crippen molar-refractivity contribution < 1.29 is 9.59 Å². The number of hydrogen-bond donors (Lipinski definition) is 1. The van der Waals surface area contributed by atoms with Crippen molar-refractivity contribution in [1.82, 2.24) is 4.90 Å². The third-order valence-electron chi connectivity index (χ3n) is 4.83. The van der Waals surface area contributed by atoms with Gasteiger partial charge in [0, 0.05) is 18.7 Å². The molecule has 0 saturated carbocycles. The van der Waals surface area contributed by atoms with Gasteiger partial charge in [0.2, 0.25) is 11.8 Å². The summed E-state index contributed by atoms with van der Waals surface area (Å²) in [7, 11) is 0. The first kappa shape index (κ1) is 21.1. The SMILES string of the molecule is CCCN1C(=O)[C@H](CC(=O)Nc2ccccc2C)SC1=Nc1ccc(C)cc1C. The van der Waals surface area contributed by atoms with Crippen LogP contribution >= 0.6 is 11.8 Å². The lowest BCUT2D eigenvalue weighted by atomic mass is 10.1. The second-order valence-corrected chi connectivity index (χ2v) is 8.52. The molecule has 1 aliphatic rings. The highest BCUT2D eigenvalue weighted by Gasteiger charge is 2.38. The molecule has 6 heteroatoms. The number of aliphatic imine (C=N–C) groups is 1. The van der Waals surface area contributed by atoms with Crippen molar-refractivity contribution in [2.24, 2.45) is 4.99 Å². The highest BCUT2D eigenvalue weighted by atomic mass is 32.2. The fraction of sp³-hybridized carbons (Fsp3) is 0.348. The summed E-state index contributed by atoms with van der Waals surface area (Å²) in [6.45, 7) is 8.65. The lowest BCUT2D eigenvalue weighted by molar-refractivity contribution is -0.128. The number of benzene rings is 2. The quantitative estimate of drug-likeness (QED) is 0.732. The van der Waals surface area contributed by atoms with E-state index in [9.17, 15) is 9.59 Å². The minimum Gasteiger partial charge on any atom is -0.326 e. The number of thioether (sulfide) groups is 1. The smallest absolute Gasteiger partial charge is 0.242 e. The third-order valence-corrected chi connectivity index (χ3v) is 6.00. The highest BCUT2D eigenvalue weighted by Crippen LogP contribution is 2.33. The molecule has 1 aliphatic heterocycles. The molecule has 1 saturated heterocycles. The Morgan fingerprint density at radius 3 is 2.59 bits per heavy atom. The van der Waals surface area contributed by atoms with Crippen LogP contribution in [0.5, 0.6) is 0 Å². The average molecular weight is 410 g/mol. The number of para-hydroxylation sites is 1. The summed E-state index contributed by atoms with van der Waals surface area (Å²) in [5.74, 6) is -0.199. The van der Waals surface area contributed by atoms with Gasteiger partial charge in [0.25, 0.3) is 0 Å². The summed E-state index contributed by atoms with van der Waals surface area (Å²) < 4.78 is 0. The number of aryl methyl sites for hydroxylation is 3. The molecule has 0 aliphatic carbocycles. The molecular formula is C23H27N3O2S. The molecule has 0 radical (unpaired) electrons. The summed E-state index contributed by atoms with van der Waals surface area (Å²) in [5, 5.41) is 3.15. The largest absolute Gasteiger partial charge is 0.326 e. The first-order valence-corrected chi connectivity index (χ1v) is 10.8. The van der Waals surface area contributed by atoms with E-state index in [4.69, 9.17) is 4.99 Å². The molecule has 29 heavy (non-hydrogen) atoms. The van der Waals surface area contributed by atoms with Crippen LogP contribution in [0.25, 0.3) is 0 Å². The fourth-order valence-electron chi connectivity index (χ4n) is 3.27. The Kier molecular flexibility index (Phi) is 6.75. The van der Waals surface area contributed by atoms with Crippen molar-refractivity contribution >= 4 is 40.1 Å². The predicted octanol–water partition coefficient (Wildman–Crippen LogP) is 4.98. The molecule has 3 rings (SSSR count). The van der Waals surface area contributed by atoms with E-state index in [0.29, 0.717) is 11.7 Å². The standard InChI is InChI=1S/C23H27N3O2S/c1-5-12-26-22(28)20(14-21(27)24-18-9-7-6-8-16(18)3)29-23(26)25-19-11-10-15(2)13-17(19)4/h6-11,13,20H,5,12,14H2,1-4H3,(H,24,27)/t20-/m0/s1. The molecule has 2 aromatic rings. The van der Waals surface area contributed by atoms with Gasteiger partial charge in [0.1, 0.15) is 5.25 Å². The molecule has 1 heterocycles. The van der Waals surface area contributed by atoms with Crippen LogP contribution in [0.1, 0.15) is 36.5 Å². The van der Waals surface area contributed by atoms with Crippen LogP contribution in [-0.4, -0.2) is 33.7 Å². The van der Waals surface area contributed by atoms with E-state index in [1.165, 1.54) is 17.3 Å². The first-order valence-electron chi connectivity index (χ1n) is 9.88. The normalized spacial score (nSPS) is 17.8. The highest BCUT2D eigenvalue weighted by molar-refractivity contribution is 8.15. The van der Waals surface area contributed by atoms with Crippen LogP contribution < -0.4 is 5.32 Å². The number of nitrogens with one attached hydrogen (secondary N) is 1. The van der Waals surface area contributed by atoms with Gasteiger partial charge >= 0.3 is 0 Å². The topological polar surface area (TPSA) is 61.8 Å². The van der Waals surface area contributed by atoms with Crippen LogP contribution in [0.4, 0.5) is 11.4 Å². The van der Waals surface area contributed by atoms with Gasteiger partial charge in [-0.05, 0) is 50.5 Å². The molecule has 0 spiro atoms. The zero-order valence-corrected chi connectivity index (χ0v) is 18.2. The number of carbonyl (C=O) groups is 2. The second-order valence-electron chi connectivity index (χ2n) is 7.35. The van der Waals surface area contributed by atoms with Gasteiger partial charge in [-0.25, -0.2) is 4.99 Å². The maximum atomic E-state index is 12.9. The summed E-state index contributed by atoms with van der Waals surface area (Å²) in [6.07, 6.45) is 0.963. The number of hydrogen-bond acceptors (Lipinski definition) is 4. The molecule has 2 aromatic carbocycles. The van der Waals surface area contributed by atoms with Crippen molar-refractivity contribution in [2.45, 2.75) is 45.8 Å². The Balaban J connectivity index is 1.77. The number of amides is 2. The van der Waals surface area contributed by atoms with E-state index in [1.54, 1.807) is 4.90 Å². The van der Waals surface area contributed by atoms with Crippen molar-refractivity contribution in [3.63, 3.8) is 0 Å². The molecular weight excluding hydrogens is 382 g/mol. The van der Waals surface area contributed by atoms with Gasteiger partial charge < -0.3 is 5.32 Å². The zero-order valence-electron chi connectivity index (χ0n) is 17.4. The Morgan fingerprint density at radius 2 is 1.90 bits per heavy atom. The Morgan fingerprint density at radius 1 is 1.14 bits per heavy atom. The second kappa shape index (κ2) is 9.27. The molecule has 152 valence electrons. The number of amidine groups is 1. The number of nitrogens with zero attached hydrogens (tertiary/aromatic N) is 2. The van der Waals surface area contributed by atoms with Gasteiger partial charge in [-0.15, -0.1) is 0 Å². The van der Waals surface area contributed by atoms with Crippen molar-refractivity contribution in [1.29, 1.82) is 0 Å². The lowest BCUT2D eigenvalue weighted by Gasteiger charge is -2.15.